The summed E-state index contributed by atoms with van der Waals surface area (Å²) in [4.78, 5) is 23.7. The first-order valence-electron chi connectivity index (χ1n) is 11.7. The molecule has 192 valence electrons. The van der Waals surface area contributed by atoms with Gasteiger partial charge in [0.2, 0.25) is 0 Å². The van der Waals surface area contributed by atoms with E-state index in [-0.39, 0.29) is 11.9 Å². The Kier molecular flexibility index (Phi) is 14.1. The van der Waals surface area contributed by atoms with Gasteiger partial charge in [-0.15, -0.1) is 0 Å². The summed E-state index contributed by atoms with van der Waals surface area (Å²) >= 11 is 9.89. The quantitative estimate of drug-likeness (QED) is 0.338. The minimum Gasteiger partial charge on any atom is -0.465 e. The van der Waals surface area contributed by atoms with Gasteiger partial charge in [0.1, 0.15) is 5.33 Å². The molecule has 0 unspecified atom stereocenters. The van der Waals surface area contributed by atoms with Gasteiger partial charge in [0, 0.05) is 28.6 Å². The smallest absolute Gasteiger partial charge is 0.320 e. The third-order valence-corrected chi connectivity index (χ3v) is 6.83. The summed E-state index contributed by atoms with van der Waals surface area (Å²) in [6.07, 6.45) is 2.16. The van der Waals surface area contributed by atoms with Gasteiger partial charge < -0.3 is 14.8 Å². The van der Waals surface area contributed by atoms with Crippen molar-refractivity contribution in [3.8, 4) is 0 Å². The van der Waals surface area contributed by atoms with Gasteiger partial charge in [0.15, 0.2) is 0 Å². The van der Waals surface area contributed by atoms with E-state index in [1.165, 1.54) is 26.7 Å². The Balaban J connectivity index is 0.000000206. The fourth-order valence-corrected chi connectivity index (χ4v) is 4.73. The molecule has 0 amide bonds. The van der Waals surface area contributed by atoms with Gasteiger partial charge in [-0.3, -0.25) is 14.5 Å². The highest BCUT2D eigenvalue weighted by atomic mass is 79.9. The maximum absolute atomic E-state index is 11.4. The molecule has 2 heterocycles. The van der Waals surface area contributed by atoms with Crippen LogP contribution in [0.3, 0.4) is 0 Å². The SMILES string of the molecule is Brc1ccc2c(c1)CCNC2.CCOC(=O)CBr.CCOC(=O)CN1CCc2cc(Br)ccc2C1. The lowest BCUT2D eigenvalue weighted by molar-refractivity contribution is -0.144. The predicted octanol–water partition coefficient (Wildman–Crippen LogP) is 5.41. The number of fused-ring (bicyclic) bond motifs is 2. The lowest BCUT2D eigenvalue weighted by Gasteiger charge is -2.27. The molecule has 2 aromatic carbocycles. The van der Waals surface area contributed by atoms with Crippen LogP contribution in [-0.2, 0) is 45.0 Å². The summed E-state index contributed by atoms with van der Waals surface area (Å²) < 4.78 is 11.8. The Hall–Kier alpha value is -1.26. The van der Waals surface area contributed by atoms with Crippen molar-refractivity contribution in [2.75, 3.05) is 38.2 Å². The number of halogens is 3. The Morgan fingerprint density at radius 1 is 0.886 bits per heavy atom. The van der Waals surface area contributed by atoms with Crippen LogP contribution in [0.2, 0.25) is 0 Å². The Bertz CT molecular complexity index is 972. The van der Waals surface area contributed by atoms with E-state index in [0.29, 0.717) is 25.1 Å². The second-order valence-corrected chi connectivity index (χ2v) is 10.3. The molecule has 4 rings (SSSR count). The third-order valence-electron chi connectivity index (χ3n) is 5.39. The van der Waals surface area contributed by atoms with Crippen LogP contribution in [-0.4, -0.2) is 55.0 Å². The number of carbonyl (C=O) groups excluding carboxylic acids is 2. The molecule has 0 atom stereocenters. The normalized spacial score (nSPS) is 14.2. The molecule has 1 N–H and O–H groups in total. The number of rotatable bonds is 5. The molecule has 35 heavy (non-hydrogen) atoms. The Labute approximate surface area is 233 Å². The van der Waals surface area contributed by atoms with E-state index in [4.69, 9.17) is 4.74 Å². The van der Waals surface area contributed by atoms with Crippen LogP contribution in [0.4, 0.5) is 0 Å². The lowest BCUT2D eigenvalue weighted by atomic mass is 10.00. The molecule has 0 aliphatic carbocycles. The highest BCUT2D eigenvalue weighted by molar-refractivity contribution is 9.10. The molecule has 0 radical (unpaired) electrons. The van der Waals surface area contributed by atoms with E-state index in [0.717, 1.165) is 43.5 Å². The first-order chi connectivity index (χ1) is 16.9. The first-order valence-corrected chi connectivity index (χ1v) is 14.4. The van der Waals surface area contributed by atoms with Gasteiger partial charge in [-0.1, -0.05) is 59.9 Å². The summed E-state index contributed by atoms with van der Waals surface area (Å²) in [5, 5.41) is 3.64. The van der Waals surface area contributed by atoms with E-state index < -0.39 is 0 Å². The molecule has 2 aliphatic rings. The molecular formula is C26H33Br3N2O4. The second-order valence-electron chi connectivity index (χ2n) is 7.96. The number of nitrogens with zero attached hydrogens (tertiary/aromatic N) is 1. The second kappa shape index (κ2) is 16.5. The summed E-state index contributed by atoms with van der Waals surface area (Å²) in [6.45, 7) is 8.82. The molecule has 0 fully saturated rings. The van der Waals surface area contributed by atoms with E-state index in [1.54, 1.807) is 6.92 Å². The predicted molar refractivity (Wildman–Crippen MR) is 150 cm³/mol. The molecular weight excluding hydrogens is 644 g/mol. The van der Waals surface area contributed by atoms with Crippen molar-refractivity contribution in [3.05, 3.63) is 67.6 Å². The van der Waals surface area contributed by atoms with Crippen LogP contribution < -0.4 is 5.32 Å². The maximum atomic E-state index is 11.4. The van der Waals surface area contributed by atoms with Crippen molar-refractivity contribution in [1.29, 1.82) is 0 Å². The zero-order valence-electron chi connectivity index (χ0n) is 20.2. The summed E-state index contributed by atoms with van der Waals surface area (Å²) in [6, 6.07) is 12.8. The fourth-order valence-electron chi connectivity index (χ4n) is 3.75. The van der Waals surface area contributed by atoms with E-state index in [1.807, 2.05) is 13.0 Å². The summed E-state index contributed by atoms with van der Waals surface area (Å²) in [5.41, 5.74) is 5.61. The molecule has 0 aromatic heterocycles. The zero-order chi connectivity index (χ0) is 25.6. The van der Waals surface area contributed by atoms with Gasteiger partial charge >= 0.3 is 11.9 Å². The van der Waals surface area contributed by atoms with Crippen molar-refractivity contribution < 1.29 is 19.1 Å². The number of ether oxygens (including phenoxy) is 2. The minimum atomic E-state index is -0.206. The number of esters is 2. The van der Waals surface area contributed by atoms with Crippen LogP contribution in [0.1, 0.15) is 36.1 Å². The maximum Gasteiger partial charge on any atom is 0.320 e. The van der Waals surface area contributed by atoms with Gasteiger partial charge in [0.25, 0.3) is 0 Å². The van der Waals surface area contributed by atoms with Gasteiger partial charge in [-0.25, -0.2) is 0 Å². The van der Waals surface area contributed by atoms with Crippen molar-refractivity contribution in [1.82, 2.24) is 10.2 Å². The average Bonchev–Trinajstić information content (AvgIpc) is 2.85. The van der Waals surface area contributed by atoms with Gasteiger partial charge in [-0.05, 0) is 79.8 Å². The average molecular weight is 677 g/mol. The van der Waals surface area contributed by atoms with Crippen LogP contribution in [0.15, 0.2) is 45.3 Å². The molecule has 9 heteroatoms. The molecule has 0 spiro atoms. The number of benzene rings is 2. The zero-order valence-corrected chi connectivity index (χ0v) is 25.0. The minimum absolute atomic E-state index is 0.131. The van der Waals surface area contributed by atoms with E-state index in [2.05, 4.69) is 93.1 Å². The van der Waals surface area contributed by atoms with Gasteiger partial charge in [0.05, 0.1) is 19.8 Å². The topological polar surface area (TPSA) is 67.9 Å². The molecule has 0 saturated heterocycles. The molecule has 0 bridgehead atoms. The highest BCUT2D eigenvalue weighted by Gasteiger charge is 2.18. The van der Waals surface area contributed by atoms with Crippen LogP contribution in [0.5, 0.6) is 0 Å². The van der Waals surface area contributed by atoms with E-state index >= 15 is 0 Å². The van der Waals surface area contributed by atoms with Crippen LogP contribution in [0.25, 0.3) is 0 Å². The number of carbonyl (C=O) groups is 2. The van der Waals surface area contributed by atoms with E-state index in [9.17, 15) is 9.59 Å². The van der Waals surface area contributed by atoms with Gasteiger partial charge in [-0.2, -0.15) is 0 Å². The number of nitrogens with one attached hydrogen (secondary N) is 1. The van der Waals surface area contributed by atoms with Crippen molar-refractivity contribution >= 4 is 59.7 Å². The molecule has 2 aliphatic heterocycles. The van der Waals surface area contributed by atoms with Crippen LogP contribution >= 0.6 is 47.8 Å². The first kappa shape index (κ1) is 30.0. The number of hydrogen-bond donors (Lipinski definition) is 1. The van der Waals surface area contributed by atoms with Crippen LogP contribution in [0, 0.1) is 0 Å². The molecule has 0 saturated carbocycles. The summed E-state index contributed by atoms with van der Waals surface area (Å²) in [7, 11) is 0. The Morgan fingerprint density at radius 2 is 1.49 bits per heavy atom. The van der Waals surface area contributed by atoms with Crippen molar-refractivity contribution in [2.45, 2.75) is 39.8 Å². The summed E-state index contributed by atoms with van der Waals surface area (Å²) in [5.74, 6) is -0.337. The molecule has 6 nitrogen and oxygen atoms in total. The molecule has 2 aromatic rings. The van der Waals surface area contributed by atoms with Crippen molar-refractivity contribution in [3.63, 3.8) is 0 Å². The monoisotopic (exact) mass is 674 g/mol. The standard InChI is InChI=1S/C13H16BrNO2.C9H10BrN.C4H7BrO2/c1-2-17-13(16)9-15-6-5-10-7-12(14)4-3-11(10)8-15;10-9-2-1-8-6-11-4-3-7(8)5-9;1-2-7-4(6)3-5/h3-4,7H,2,5-6,8-9H2,1H3;1-2,5,11H,3-4,6H2;2-3H2,1H3. The Morgan fingerprint density at radius 3 is 2.09 bits per heavy atom. The van der Waals surface area contributed by atoms with Crippen molar-refractivity contribution in [2.24, 2.45) is 0 Å². The number of hydrogen-bond acceptors (Lipinski definition) is 6. The third kappa shape index (κ3) is 11.1. The largest absolute Gasteiger partial charge is 0.465 e. The number of alkyl halides is 1. The highest BCUT2D eigenvalue weighted by Crippen LogP contribution is 2.22. The lowest BCUT2D eigenvalue weighted by Crippen LogP contribution is -2.35. The fraction of sp³-hybridized carbons (Fsp3) is 0.462.